The standard InChI is InChI=1S/C11H16NO5P/c1-9(18(14,15-2)16-3)17-11(13)12-10-7-5-4-6-8-10/h4-9H,1-3H3,(H,12,13). The summed E-state index contributed by atoms with van der Waals surface area (Å²) >= 11 is 0. The third-order valence-corrected chi connectivity index (χ3v) is 4.27. The number of ether oxygens (including phenoxy) is 1. The minimum absolute atomic E-state index is 0.583. The summed E-state index contributed by atoms with van der Waals surface area (Å²) in [4.78, 5) is 11.5. The summed E-state index contributed by atoms with van der Waals surface area (Å²) in [7, 11) is -0.943. The van der Waals surface area contributed by atoms with Gasteiger partial charge in [0.05, 0.1) is 0 Å². The van der Waals surface area contributed by atoms with Gasteiger partial charge in [-0.15, -0.1) is 0 Å². The third-order valence-electron chi connectivity index (χ3n) is 2.25. The number of benzene rings is 1. The molecule has 100 valence electrons. The zero-order valence-electron chi connectivity index (χ0n) is 10.5. The Balaban J connectivity index is 2.58. The molecular weight excluding hydrogens is 257 g/mol. The first-order valence-corrected chi connectivity index (χ1v) is 6.87. The van der Waals surface area contributed by atoms with Crippen LogP contribution < -0.4 is 5.32 Å². The van der Waals surface area contributed by atoms with E-state index in [1.54, 1.807) is 24.3 Å². The van der Waals surface area contributed by atoms with Crippen molar-refractivity contribution >= 4 is 19.4 Å². The van der Waals surface area contributed by atoms with Crippen molar-refractivity contribution in [3.63, 3.8) is 0 Å². The van der Waals surface area contributed by atoms with E-state index in [1.165, 1.54) is 21.1 Å². The molecule has 0 saturated carbocycles. The molecule has 1 aromatic rings. The molecule has 1 rings (SSSR count). The van der Waals surface area contributed by atoms with Gasteiger partial charge in [-0.1, -0.05) is 18.2 Å². The van der Waals surface area contributed by atoms with Gasteiger partial charge in [-0.05, 0) is 19.1 Å². The number of amides is 1. The molecule has 1 unspecified atom stereocenters. The van der Waals surface area contributed by atoms with Gasteiger partial charge in [-0.2, -0.15) is 0 Å². The highest BCUT2D eigenvalue weighted by atomic mass is 31.2. The number of rotatable bonds is 5. The lowest BCUT2D eigenvalue weighted by atomic mass is 10.3. The lowest BCUT2D eigenvalue weighted by Crippen LogP contribution is -2.21. The summed E-state index contributed by atoms with van der Waals surface area (Å²) in [5.74, 6) is -0.990. The van der Waals surface area contributed by atoms with E-state index in [9.17, 15) is 9.36 Å². The largest absolute Gasteiger partial charge is 0.433 e. The van der Waals surface area contributed by atoms with E-state index in [4.69, 9.17) is 13.8 Å². The maximum atomic E-state index is 11.9. The van der Waals surface area contributed by atoms with Gasteiger partial charge in [-0.25, -0.2) is 4.79 Å². The van der Waals surface area contributed by atoms with Gasteiger partial charge in [-0.3, -0.25) is 9.88 Å². The van der Waals surface area contributed by atoms with Gasteiger partial charge in [0.2, 0.25) is 5.85 Å². The average Bonchev–Trinajstić information content (AvgIpc) is 2.38. The predicted octanol–water partition coefficient (Wildman–Crippen LogP) is 3.07. The molecule has 0 aliphatic rings. The van der Waals surface area contributed by atoms with Crippen LogP contribution in [-0.4, -0.2) is 26.2 Å². The Morgan fingerprint density at radius 3 is 2.28 bits per heavy atom. The van der Waals surface area contributed by atoms with Crippen molar-refractivity contribution in [2.45, 2.75) is 12.8 Å². The van der Waals surface area contributed by atoms with Gasteiger partial charge in [0.25, 0.3) is 0 Å². The van der Waals surface area contributed by atoms with Gasteiger partial charge in [0, 0.05) is 19.9 Å². The number of carbonyl (C=O) groups excluding carboxylic acids is 1. The van der Waals surface area contributed by atoms with Crippen LogP contribution in [0.2, 0.25) is 0 Å². The molecule has 6 nitrogen and oxygen atoms in total. The van der Waals surface area contributed by atoms with Crippen molar-refractivity contribution in [1.29, 1.82) is 0 Å². The molecule has 1 atom stereocenters. The third kappa shape index (κ3) is 3.84. The Labute approximate surface area is 106 Å². The van der Waals surface area contributed by atoms with Crippen LogP contribution >= 0.6 is 7.60 Å². The smallest absolute Gasteiger partial charge is 0.412 e. The number of hydrogen-bond donors (Lipinski definition) is 1. The lowest BCUT2D eigenvalue weighted by molar-refractivity contribution is 0.130. The highest BCUT2D eigenvalue weighted by molar-refractivity contribution is 7.54. The first-order chi connectivity index (χ1) is 8.51. The van der Waals surface area contributed by atoms with Crippen molar-refractivity contribution in [3.05, 3.63) is 30.3 Å². The topological polar surface area (TPSA) is 73.9 Å². The fourth-order valence-corrected chi connectivity index (χ4v) is 2.23. The Hall–Kier alpha value is -1.36. The fraction of sp³-hybridized carbons (Fsp3) is 0.364. The number of carbonyl (C=O) groups is 1. The van der Waals surface area contributed by atoms with E-state index >= 15 is 0 Å². The zero-order valence-corrected chi connectivity index (χ0v) is 11.3. The highest BCUT2D eigenvalue weighted by Gasteiger charge is 2.33. The number of para-hydroxylation sites is 1. The van der Waals surface area contributed by atoms with Gasteiger partial charge in [0.15, 0.2) is 0 Å². The summed E-state index contributed by atoms with van der Waals surface area (Å²) in [6, 6.07) is 8.78. The second-order valence-corrected chi connectivity index (χ2v) is 5.94. The number of nitrogens with one attached hydrogen (secondary N) is 1. The average molecular weight is 273 g/mol. The van der Waals surface area contributed by atoms with Crippen molar-refractivity contribution in [2.24, 2.45) is 0 Å². The van der Waals surface area contributed by atoms with E-state index in [-0.39, 0.29) is 0 Å². The SMILES string of the molecule is COP(=O)(OC)C(C)OC(=O)Nc1ccccc1. The Morgan fingerprint density at radius 1 is 1.22 bits per heavy atom. The number of anilines is 1. The molecule has 1 aromatic carbocycles. The predicted molar refractivity (Wildman–Crippen MR) is 67.6 cm³/mol. The van der Waals surface area contributed by atoms with E-state index in [0.29, 0.717) is 5.69 Å². The van der Waals surface area contributed by atoms with Gasteiger partial charge < -0.3 is 13.8 Å². The van der Waals surface area contributed by atoms with E-state index in [0.717, 1.165) is 0 Å². The van der Waals surface area contributed by atoms with E-state index in [2.05, 4.69) is 5.32 Å². The molecule has 18 heavy (non-hydrogen) atoms. The Morgan fingerprint density at radius 2 is 1.78 bits per heavy atom. The minimum atomic E-state index is -3.41. The molecular formula is C11H16NO5P. The van der Waals surface area contributed by atoms with Crippen LogP contribution in [0.25, 0.3) is 0 Å². The molecule has 0 aliphatic carbocycles. The monoisotopic (exact) mass is 273 g/mol. The minimum Gasteiger partial charge on any atom is -0.433 e. The Kier molecular flexibility index (Phi) is 5.34. The van der Waals surface area contributed by atoms with Gasteiger partial charge in [0.1, 0.15) is 0 Å². The molecule has 1 amide bonds. The zero-order chi connectivity index (χ0) is 13.6. The Bertz CT molecular complexity index is 428. The molecule has 0 aromatic heterocycles. The first kappa shape index (κ1) is 14.7. The molecule has 0 spiro atoms. The fourth-order valence-electron chi connectivity index (χ4n) is 1.26. The first-order valence-electron chi connectivity index (χ1n) is 5.25. The molecule has 7 heteroatoms. The van der Waals surface area contributed by atoms with Crippen molar-refractivity contribution in [3.8, 4) is 0 Å². The molecule has 0 radical (unpaired) electrons. The molecule has 0 bridgehead atoms. The van der Waals surface area contributed by atoms with E-state index < -0.39 is 19.5 Å². The summed E-state index contributed by atoms with van der Waals surface area (Å²) < 4.78 is 26.3. The number of hydrogen-bond acceptors (Lipinski definition) is 5. The van der Waals surface area contributed by atoms with Crippen molar-refractivity contribution in [2.75, 3.05) is 19.5 Å². The molecule has 0 heterocycles. The highest BCUT2D eigenvalue weighted by Crippen LogP contribution is 2.51. The summed E-state index contributed by atoms with van der Waals surface area (Å²) in [6.07, 6.45) is -0.719. The van der Waals surface area contributed by atoms with Crippen LogP contribution in [0.1, 0.15) is 6.92 Å². The molecule has 0 fully saturated rings. The lowest BCUT2D eigenvalue weighted by Gasteiger charge is -2.20. The van der Waals surface area contributed by atoms with Crippen LogP contribution in [0.5, 0.6) is 0 Å². The van der Waals surface area contributed by atoms with Crippen LogP contribution in [-0.2, 0) is 18.3 Å². The van der Waals surface area contributed by atoms with Crippen molar-refractivity contribution in [1.82, 2.24) is 0 Å². The summed E-state index contributed by atoms with van der Waals surface area (Å²) in [5.41, 5.74) is 0.583. The molecule has 1 N–H and O–H groups in total. The maximum absolute atomic E-state index is 11.9. The molecule has 0 aliphatic heterocycles. The van der Waals surface area contributed by atoms with Crippen LogP contribution in [0.4, 0.5) is 10.5 Å². The maximum Gasteiger partial charge on any atom is 0.412 e. The van der Waals surface area contributed by atoms with Crippen LogP contribution in [0.15, 0.2) is 30.3 Å². The second-order valence-electron chi connectivity index (χ2n) is 3.40. The van der Waals surface area contributed by atoms with Gasteiger partial charge >= 0.3 is 13.7 Å². The second kappa shape index (κ2) is 6.54. The van der Waals surface area contributed by atoms with Crippen LogP contribution in [0, 0.1) is 0 Å². The van der Waals surface area contributed by atoms with Crippen molar-refractivity contribution < 1.29 is 23.1 Å². The van der Waals surface area contributed by atoms with E-state index in [1.807, 2.05) is 6.07 Å². The van der Waals surface area contributed by atoms with Crippen LogP contribution in [0.3, 0.4) is 0 Å². The summed E-state index contributed by atoms with van der Waals surface area (Å²) in [6.45, 7) is 1.44. The molecule has 0 saturated heterocycles. The quantitative estimate of drug-likeness (QED) is 0.834. The normalized spacial score (nSPS) is 12.8. The summed E-state index contributed by atoms with van der Waals surface area (Å²) in [5, 5.41) is 2.50.